The van der Waals surface area contributed by atoms with Crippen molar-refractivity contribution in [2.75, 3.05) is 9.80 Å². The molecule has 0 saturated heterocycles. The molecule has 4 heteroatoms. The molecule has 1 aromatic heterocycles. The average molecular weight is 1090 g/mol. The van der Waals surface area contributed by atoms with Crippen LogP contribution in [0, 0.1) is 6.92 Å². The zero-order chi connectivity index (χ0) is 56.4. The first-order valence-electron chi connectivity index (χ1n) is 29.9. The van der Waals surface area contributed by atoms with Crippen LogP contribution in [0.1, 0.15) is 128 Å². The summed E-state index contributed by atoms with van der Waals surface area (Å²) in [7, 11) is 0. The lowest BCUT2D eigenvalue weighted by atomic mass is 9.35. The van der Waals surface area contributed by atoms with Gasteiger partial charge in [0, 0.05) is 43.7 Å². The van der Waals surface area contributed by atoms with Crippen molar-refractivity contribution in [2.45, 2.75) is 96.3 Å². The highest BCUT2D eigenvalue weighted by atomic mass is 32.1. The summed E-state index contributed by atoms with van der Waals surface area (Å²) >= 11 is 2.09. The molecule has 2 aliphatic heterocycles. The van der Waals surface area contributed by atoms with E-state index in [0.717, 1.165) is 0 Å². The van der Waals surface area contributed by atoms with E-state index in [-0.39, 0.29) is 23.0 Å². The predicted octanol–water partition coefficient (Wildman–Crippen LogP) is 18.7. The molecule has 3 heterocycles. The molecule has 4 aliphatic carbocycles. The van der Waals surface area contributed by atoms with Gasteiger partial charge in [-0.15, -0.1) is 11.3 Å². The molecule has 0 amide bonds. The number of hydrogen-bond donors (Lipinski definition) is 0. The lowest BCUT2D eigenvalue weighted by Crippen LogP contribution is -2.60. The third-order valence-corrected chi connectivity index (χ3v) is 21.3. The van der Waals surface area contributed by atoms with Gasteiger partial charge in [0.25, 0.3) is 6.71 Å². The van der Waals surface area contributed by atoms with Crippen LogP contribution < -0.4 is 25.5 Å². The van der Waals surface area contributed by atoms with Gasteiger partial charge in [-0.1, -0.05) is 232 Å². The van der Waals surface area contributed by atoms with Gasteiger partial charge in [-0.25, -0.2) is 0 Å². The van der Waals surface area contributed by atoms with Crippen molar-refractivity contribution in [3.63, 3.8) is 0 Å². The van der Waals surface area contributed by atoms with Crippen molar-refractivity contribution >= 4 is 67.9 Å². The second-order valence-corrected chi connectivity index (χ2v) is 28.7. The van der Waals surface area contributed by atoms with Crippen molar-refractivity contribution in [3.8, 4) is 44.5 Å². The van der Waals surface area contributed by atoms with Crippen molar-refractivity contribution in [1.29, 1.82) is 0 Å². The van der Waals surface area contributed by atoms with Crippen LogP contribution in [0.3, 0.4) is 0 Å². The number of hydrogen-bond acceptors (Lipinski definition) is 3. The number of nitrogens with zero attached hydrogens (tertiary/aromatic N) is 2. The van der Waals surface area contributed by atoms with Crippen LogP contribution in [0.2, 0.25) is 0 Å². The molecule has 0 bridgehead atoms. The fourth-order valence-electron chi connectivity index (χ4n) is 16.2. The summed E-state index contributed by atoms with van der Waals surface area (Å²) in [4.78, 5) is 6.79. The molecule has 2 nitrogen and oxygen atoms in total. The predicted molar refractivity (Wildman–Crippen MR) is 352 cm³/mol. The molecule has 2 spiro atoms. The number of aryl methyl sites for hydroxylation is 1. The normalized spacial score (nSPS) is 15.5. The maximum Gasteiger partial charge on any atom is 0.264 e. The van der Waals surface area contributed by atoms with Crippen LogP contribution >= 0.6 is 11.3 Å². The summed E-state index contributed by atoms with van der Waals surface area (Å²) in [5.74, 6) is 0. The maximum absolute atomic E-state index is 2.72. The van der Waals surface area contributed by atoms with Crippen LogP contribution in [-0.4, -0.2) is 6.71 Å². The minimum atomic E-state index is -0.535. The largest absolute Gasteiger partial charge is 0.311 e. The lowest BCUT2D eigenvalue weighted by Gasteiger charge is -2.44. The smallest absolute Gasteiger partial charge is 0.264 e. The number of fused-ring (bicyclic) bond motifs is 25. The lowest BCUT2D eigenvalue weighted by molar-refractivity contribution is 0.588. The molecule has 17 rings (SSSR count). The summed E-state index contributed by atoms with van der Waals surface area (Å²) in [6.07, 6.45) is 0. The number of thiophene rings is 1. The SMILES string of the molecule is Cc1cc2c3c(c1)N(c1ccc(C(C)(C)C)cc1)c1c(sc4c1-c1ccc(C(C)(C)C)cc1C41c4ccccc4-c4ccccc41)B3c1cc3c(cc1N2c1ccc(C(C)(C)C)cc1)-c1ccccc1C31c2ccccc2-c2ccccc21. The molecule has 400 valence electrons. The highest BCUT2D eigenvalue weighted by Crippen LogP contribution is 2.68. The third-order valence-electron chi connectivity index (χ3n) is 20.0. The van der Waals surface area contributed by atoms with Crippen LogP contribution in [-0.2, 0) is 27.1 Å². The summed E-state index contributed by atoms with van der Waals surface area (Å²) < 4.78 is 1.40. The van der Waals surface area contributed by atoms with E-state index in [9.17, 15) is 0 Å². The van der Waals surface area contributed by atoms with Gasteiger partial charge >= 0.3 is 0 Å². The first kappa shape index (κ1) is 49.2. The highest BCUT2D eigenvalue weighted by Gasteiger charge is 2.58. The Morgan fingerprint density at radius 2 is 0.771 bits per heavy atom. The Hall–Kier alpha value is -8.44. The van der Waals surface area contributed by atoms with Gasteiger partial charge in [0.15, 0.2) is 0 Å². The maximum atomic E-state index is 2.72. The van der Waals surface area contributed by atoms with E-state index in [4.69, 9.17) is 0 Å². The molecule has 0 atom stereocenters. The van der Waals surface area contributed by atoms with Gasteiger partial charge in [0.1, 0.15) is 0 Å². The monoisotopic (exact) mass is 1080 g/mol. The zero-order valence-corrected chi connectivity index (χ0v) is 49.9. The zero-order valence-electron chi connectivity index (χ0n) is 49.1. The van der Waals surface area contributed by atoms with E-state index in [1.165, 1.54) is 160 Å². The van der Waals surface area contributed by atoms with Crippen molar-refractivity contribution < 1.29 is 0 Å². The Kier molecular flexibility index (Phi) is 9.74. The molecule has 0 radical (unpaired) electrons. The van der Waals surface area contributed by atoms with Crippen molar-refractivity contribution in [2.24, 2.45) is 0 Å². The molecular weight excluding hydrogens is 1020 g/mol. The van der Waals surface area contributed by atoms with E-state index < -0.39 is 10.8 Å². The Labute approximate surface area is 493 Å². The van der Waals surface area contributed by atoms with Gasteiger partial charge in [0.2, 0.25) is 0 Å². The van der Waals surface area contributed by atoms with Crippen molar-refractivity contribution in [1.82, 2.24) is 0 Å². The van der Waals surface area contributed by atoms with Gasteiger partial charge in [-0.2, -0.15) is 0 Å². The molecule has 0 unspecified atom stereocenters. The van der Waals surface area contributed by atoms with Gasteiger partial charge in [-0.3, -0.25) is 0 Å². The molecule has 0 saturated carbocycles. The average Bonchev–Trinajstić information content (AvgIpc) is 1.72. The van der Waals surface area contributed by atoms with E-state index in [0.29, 0.717) is 0 Å². The van der Waals surface area contributed by atoms with E-state index in [1.54, 1.807) is 0 Å². The van der Waals surface area contributed by atoms with Crippen LogP contribution in [0.4, 0.5) is 34.1 Å². The standard InChI is InChI=1S/C79H65BN2S/c1-46-41-68-71-69(42-46)82(51-38-33-48(34-39-51)76(5,6)7)72-70-57-40-35-49(77(8,9)10)43-64(57)79(62-29-19-13-23-54(62)55-24-14-20-30-63(55)79)73(70)83-74(72)80(71)66-45-65-58(44-67(66)81(68)50-36-31-47(32-37-50)75(2,3)4)56-25-15-18-28-61(56)78(65)59-26-16-11-21-52(59)53-22-12-17-27-60(53)78/h11-45H,1-10H3. The summed E-state index contributed by atoms with van der Waals surface area (Å²) in [5, 5.41) is 0. The number of rotatable bonds is 2. The topological polar surface area (TPSA) is 6.48 Å². The Morgan fingerprint density at radius 3 is 1.25 bits per heavy atom. The third kappa shape index (κ3) is 6.25. The Bertz CT molecular complexity index is 4560. The van der Waals surface area contributed by atoms with E-state index in [2.05, 4.69) is 303 Å². The molecule has 0 N–H and O–H groups in total. The van der Waals surface area contributed by atoms with Crippen LogP contribution in [0.15, 0.2) is 212 Å². The minimum absolute atomic E-state index is 0.00228. The number of benzene rings is 10. The summed E-state index contributed by atoms with van der Waals surface area (Å²) in [5.41, 5.74) is 34.5. The summed E-state index contributed by atoms with van der Waals surface area (Å²) in [6.45, 7) is 23.3. The van der Waals surface area contributed by atoms with Crippen molar-refractivity contribution in [3.05, 3.63) is 278 Å². The first-order chi connectivity index (χ1) is 40.0. The summed E-state index contributed by atoms with van der Waals surface area (Å²) in [6, 6.07) is 83.7. The van der Waals surface area contributed by atoms with E-state index in [1.807, 2.05) is 0 Å². The van der Waals surface area contributed by atoms with Gasteiger partial charge < -0.3 is 9.80 Å². The van der Waals surface area contributed by atoms with Gasteiger partial charge in [-0.05, 0) is 177 Å². The molecule has 0 fully saturated rings. The quantitative estimate of drug-likeness (QED) is 0.159. The molecular formula is C79H65BN2S. The Balaban J connectivity index is 1.03. The minimum Gasteiger partial charge on any atom is -0.311 e. The Morgan fingerprint density at radius 1 is 0.361 bits per heavy atom. The highest BCUT2D eigenvalue weighted by molar-refractivity contribution is 7.30. The van der Waals surface area contributed by atoms with Crippen LogP contribution in [0.25, 0.3) is 44.5 Å². The number of anilines is 6. The van der Waals surface area contributed by atoms with E-state index >= 15 is 0 Å². The molecule has 10 aromatic carbocycles. The van der Waals surface area contributed by atoms with Gasteiger partial charge in [0.05, 0.1) is 16.5 Å². The fourth-order valence-corrected chi connectivity index (χ4v) is 17.9. The molecule has 83 heavy (non-hydrogen) atoms. The fraction of sp³-hybridized carbons (Fsp3) is 0.190. The second kappa shape index (κ2) is 16.4. The first-order valence-corrected chi connectivity index (χ1v) is 30.8. The van der Waals surface area contributed by atoms with Crippen LogP contribution in [0.5, 0.6) is 0 Å². The second-order valence-electron chi connectivity index (χ2n) is 27.6. The molecule has 6 aliphatic rings. The molecule has 11 aromatic rings.